The van der Waals surface area contributed by atoms with Crippen molar-refractivity contribution in [2.75, 3.05) is 21.2 Å². The highest BCUT2D eigenvalue weighted by molar-refractivity contribution is 7.99. The molecule has 0 N–H and O–H groups in total. The van der Waals surface area contributed by atoms with E-state index in [4.69, 9.17) is 4.74 Å². The molecular formula is C30H26N4O4S. The summed E-state index contributed by atoms with van der Waals surface area (Å²) in [6.07, 6.45) is 6.57. The van der Waals surface area contributed by atoms with Gasteiger partial charge < -0.3 is 19.4 Å². The first-order valence-electron chi connectivity index (χ1n) is 12.4. The number of fused-ring (bicyclic) bond motifs is 2. The van der Waals surface area contributed by atoms with Crippen molar-refractivity contribution in [1.29, 1.82) is 0 Å². The highest BCUT2D eigenvalue weighted by atomic mass is 32.2. The fraction of sp³-hybridized carbons (Fsp3) is 0.167. The molecular weight excluding hydrogens is 512 g/mol. The Labute approximate surface area is 229 Å². The molecule has 0 radical (unpaired) electrons. The second-order valence-electron chi connectivity index (χ2n) is 9.62. The van der Waals surface area contributed by atoms with E-state index in [1.54, 1.807) is 56.0 Å². The Bertz CT molecular complexity index is 1740. The summed E-state index contributed by atoms with van der Waals surface area (Å²) < 4.78 is 9.66. The van der Waals surface area contributed by atoms with Gasteiger partial charge in [0.05, 0.1) is 18.2 Å². The number of hydrogen-bond donors (Lipinski definition) is 0. The summed E-state index contributed by atoms with van der Waals surface area (Å²) in [5, 5.41) is 12.5. The number of methoxy groups -OCH3 is 1. The first-order chi connectivity index (χ1) is 18.9. The van der Waals surface area contributed by atoms with Crippen molar-refractivity contribution in [3.8, 4) is 16.9 Å². The molecule has 0 saturated heterocycles. The van der Waals surface area contributed by atoms with Gasteiger partial charge in [-0.1, -0.05) is 24.3 Å². The highest BCUT2D eigenvalue weighted by Gasteiger charge is 2.31. The lowest BCUT2D eigenvalue weighted by Crippen LogP contribution is -2.26. The van der Waals surface area contributed by atoms with Gasteiger partial charge in [0.25, 0.3) is 0 Å². The van der Waals surface area contributed by atoms with Crippen LogP contribution in [-0.4, -0.2) is 47.1 Å². The molecule has 2 aromatic carbocycles. The average Bonchev–Trinajstić information content (AvgIpc) is 3.66. The predicted octanol–water partition coefficient (Wildman–Crippen LogP) is 5.31. The molecule has 5 aromatic rings. The smallest absolute Gasteiger partial charge is 0.328 e. The molecule has 8 nitrogen and oxygen atoms in total. The fourth-order valence-corrected chi connectivity index (χ4v) is 6.37. The van der Waals surface area contributed by atoms with Crippen molar-refractivity contribution < 1.29 is 19.1 Å². The number of aromatic nitrogens is 3. The Balaban J connectivity index is 1.42. The molecule has 4 heterocycles. The van der Waals surface area contributed by atoms with Crippen LogP contribution >= 0.6 is 11.8 Å². The molecule has 1 aliphatic rings. The minimum Gasteiger partial charge on any atom is -0.619 e. The summed E-state index contributed by atoms with van der Waals surface area (Å²) in [5.74, 6) is 1.27. The number of thioether (sulfide) groups is 1. The number of carbonyl (C=O) groups excluding carboxylic acids is 2. The maximum absolute atomic E-state index is 14.0. The second kappa shape index (κ2) is 9.67. The van der Waals surface area contributed by atoms with Gasteiger partial charge in [-0.25, -0.2) is 4.79 Å². The zero-order valence-corrected chi connectivity index (χ0v) is 22.5. The number of hydrogen-bond acceptors (Lipinski definition) is 5. The molecule has 39 heavy (non-hydrogen) atoms. The number of pyridine rings is 1. The Hall–Kier alpha value is -4.50. The number of ketones is 1. The summed E-state index contributed by atoms with van der Waals surface area (Å²) >= 11 is 1.67. The quantitative estimate of drug-likeness (QED) is 0.172. The van der Waals surface area contributed by atoms with Crippen molar-refractivity contribution in [3.63, 3.8) is 0 Å². The summed E-state index contributed by atoms with van der Waals surface area (Å²) in [4.78, 5) is 28.6. The summed E-state index contributed by atoms with van der Waals surface area (Å²) in [6, 6.07) is 18.8. The predicted molar refractivity (Wildman–Crippen MR) is 151 cm³/mol. The van der Waals surface area contributed by atoms with Crippen LogP contribution < -0.4 is 9.47 Å². The van der Waals surface area contributed by atoms with Crippen LogP contribution in [0.2, 0.25) is 0 Å². The highest BCUT2D eigenvalue weighted by Crippen LogP contribution is 2.42. The molecule has 196 valence electrons. The van der Waals surface area contributed by atoms with Crippen molar-refractivity contribution >= 4 is 34.5 Å². The monoisotopic (exact) mass is 538 g/mol. The number of nitrogens with zero attached hydrogens (tertiary/aromatic N) is 4. The summed E-state index contributed by atoms with van der Waals surface area (Å²) in [6.45, 7) is 0. The molecule has 1 atom stereocenters. The zero-order valence-electron chi connectivity index (χ0n) is 21.7. The zero-order chi connectivity index (χ0) is 27.3. The Morgan fingerprint density at radius 3 is 2.54 bits per heavy atom. The molecule has 9 heteroatoms. The molecule has 0 bridgehead atoms. The van der Waals surface area contributed by atoms with Crippen LogP contribution in [-0.2, 0) is 5.75 Å². The van der Waals surface area contributed by atoms with Gasteiger partial charge in [0, 0.05) is 60.5 Å². The van der Waals surface area contributed by atoms with Gasteiger partial charge in [-0.3, -0.25) is 9.36 Å². The van der Waals surface area contributed by atoms with Crippen LogP contribution in [0.4, 0.5) is 4.79 Å². The third-order valence-electron chi connectivity index (χ3n) is 7.04. The maximum atomic E-state index is 14.0. The van der Waals surface area contributed by atoms with Gasteiger partial charge in [0.15, 0.2) is 18.2 Å². The lowest BCUT2D eigenvalue weighted by molar-refractivity contribution is -0.605. The van der Waals surface area contributed by atoms with Gasteiger partial charge in [0.1, 0.15) is 11.1 Å². The largest absolute Gasteiger partial charge is 0.619 e. The SMILES string of the molecule is COc1ccc(-c2ccc3c(C(=O)c4ccn5c4CSC5c4ccc[n+]([O-])c4)cn(C(=O)N(C)C)c3c2)cc1. The van der Waals surface area contributed by atoms with Crippen molar-refractivity contribution in [1.82, 2.24) is 14.0 Å². The van der Waals surface area contributed by atoms with Crippen LogP contribution in [0.3, 0.4) is 0 Å². The van der Waals surface area contributed by atoms with Crippen molar-refractivity contribution in [3.05, 3.63) is 113 Å². The van der Waals surface area contributed by atoms with E-state index in [2.05, 4.69) is 4.57 Å². The topological polar surface area (TPSA) is 83.4 Å². The number of amides is 1. The third-order valence-corrected chi connectivity index (χ3v) is 8.30. The van der Waals surface area contributed by atoms with Gasteiger partial charge in [-0.05, 0) is 41.5 Å². The number of benzene rings is 2. The minimum absolute atomic E-state index is 0.0772. The minimum atomic E-state index is -0.237. The Kier molecular flexibility index (Phi) is 6.15. The molecule has 0 saturated carbocycles. The molecule has 1 unspecified atom stereocenters. The number of carbonyl (C=O) groups is 2. The van der Waals surface area contributed by atoms with Gasteiger partial charge in [-0.2, -0.15) is 4.73 Å². The number of ether oxygens (including phenoxy) is 1. The van der Waals surface area contributed by atoms with E-state index >= 15 is 0 Å². The average molecular weight is 539 g/mol. The van der Waals surface area contributed by atoms with Gasteiger partial charge in [0.2, 0.25) is 0 Å². The summed E-state index contributed by atoms with van der Waals surface area (Å²) in [5.41, 5.74) is 5.43. The lowest BCUT2D eigenvalue weighted by atomic mass is 10.00. The Morgan fingerprint density at radius 1 is 1.05 bits per heavy atom. The van der Waals surface area contributed by atoms with Crippen LogP contribution in [0.5, 0.6) is 5.75 Å². The standard InChI is InChI=1S/C30H26N4O4S/c1-31(2)30(36)34-17-25(23-11-8-20(15-26(23)34)19-6-9-22(38-3)10-7-19)28(35)24-12-14-33-27(24)18-39-29(33)21-5-4-13-32(37)16-21/h4-17,29H,18H2,1-3H3. The van der Waals surface area contributed by atoms with Crippen LogP contribution in [0.1, 0.15) is 32.6 Å². The van der Waals surface area contributed by atoms with Crippen LogP contribution in [0.25, 0.3) is 22.0 Å². The molecule has 0 spiro atoms. The van der Waals surface area contributed by atoms with E-state index < -0.39 is 0 Å². The molecule has 1 aliphatic heterocycles. The lowest BCUT2D eigenvalue weighted by Gasteiger charge is -2.12. The van der Waals surface area contributed by atoms with E-state index in [-0.39, 0.29) is 17.2 Å². The number of rotatable bonds is 5. The molecule has 6 rings (SSSR count). The van der Waals surface area contributed by atoms with Crippen molar-refractivity contribution in [2.45, 2.75) is 11.1 Å². The fourth-order valence-electron chi connectivity index (χ4n) is 5.06. The molecule has 0 fully saturated rings. The van der Waals surface area contributed by atoms with Crippen LogP contribution in [0.15, 0.2) is 85.5 Å². The van der Waals surface area contributed by atoms with E-state index in [1.807, 2.05) is 60.8 Å². The normalized spacial score (nSPS) is 14.4. The van der Waals surface area contributed by atoms with Crippen LogP contribution in [0, 0.1) is 5.21 Å². The maximum Gasteiger partial charge on any atom is 0.328 e. The van der Waals surface area contributed by atoms with E-state index in [9.17, 15) is 14.8 Å². The Morgan fingerprint density at radius 2 is 1.82 bits per heavy atom. The molecule has 1 amide bonds. The summed E-state index contributed by atoms with van der Waals surface area (Å²) in [7, 11) is 5.01. The van der Waals surface area contributed by atoms with Gasteiger partial charge >= 0.3 is 6.03 Å². The first kappa shape index (κ1) is 24.8. The van der Waals surface area contributed by atoms with E-state index in [0.717, 1.165) is 32.9 Å². The van der Waals surface area contributed by atoms with Crippen molar-refractivity contribution in [2.24, 2.45) is 0 Å². The van der Waals surface area contributed by atoms with Gasteiger partial charge in [-0.15, -0.1) is 11.8 Å². The van der Waals surface area contributed by atoms with E-state index in [1.165, 1.54) is 11.1 Å². The molecule has 0 aliphatic carbocycles. The second-order valence-corrected chi connectivity index (χ2v) is 10.7. The third kappa shape index (κ3) is 4.24. The van der Waals surface area contributed by atoms with E-state index in [0.29, 0.717) is 27.8 Å². The first-order valence-corrected chi connectivity index (χ1v) is 13.5. The molecule has 3 aromatic heterocycles.